The molecule has 0 N–H and O–H groups in total. The van der Waals surface area contributed by atoms with Gasteiger partial charge in [-0.3, -0.25) is 4.79 Å². The van der Waals surface area contributed by atoms with Gasteiger partial charge in [0.2, 0.25) is 0 Å². The second kappa shape index (κ2) is 9.56. The van der Waals surface area contributed by atoms with Gasteiger partial charge in [0.1, 0.15) is 0 Å². The molecule has 0 heterocycles. The van der Waals surface area contributed by atoms with Gasteiger partial charge in [-0.2, -0.15) is 0 Å². The molecule has 1 aliphatic rings. The summed E-state index contributed by atoms with van der Waals surface area (Å²) in [6, 6.07) is 0. The predicted molar refractivity (Wildman–Crippen MR) is 77.2 cm³/mol. The summed E-state index contributed by atoms with van der Waals surface area (Å²) in [5.74, 6) is -0.391. The Hall–Kier alpha value is -1.32. The van der Waals surface area contributed by atoms with Crippen LogP contribution < -0.4 is 0 Å². The lowest BCUT2D eigenvalue weighted by atomic mass is 9.89. The first-order chi connectivity index (χ1) is 9.69. The van der Waals surface area contributed by atoms with E-state index in [2.05, 4.69) is 0 Å². The van der Waals surface area contributed by atoms with E-state index in [9.17, 15) is 9.59 Å². The molecule has 1 saturated carbocycles. The molecule has 0 unspecified atom stereocenters. The van der Waals surface area contributed by atoms with Crippen LogP contribution in [0.1, 0.15) is 65.2 Å². The van der Waals surface area contributed by atoms with Gasteiger partial charge in [-0.1, -0.05) is 12.0 Å². The highest BCUT2D eigenvalue weighted by Gasteiger charge is 2.18. The van der Waals surface area contributed by atoms with Crippen LogP contribution in [-0.4, -0.2) is 25.2 Å². The van der Waals surface area contributed by atoms with Crippen molar-refractivity contribution in [3.05, 3.63) is 11.1 Å². The summed E-state index contributed by atoms with van der Waals surface area (Å²) in [6.07, 6.45) is 7.16. The third-order valence-corrected chi connectivity index (χ3v) is 3.52. The number of carbonyl (C=O) groups excluding carboxylic acids is 2. The predicted octanol–water partition coefficient (Wildman–Crippen LogP) is 3.54. The molecule has 1 fully saturated rings. The third kappa shape index (κ3) is 5.76. The molecule has 1 rings (SSSR count). The zero-order chi connectivity index (χ0) is 14.8. The van der Waals surface area contributed by atoms with E-state index >= 15 is 0 Å². The standard InChI is InChI=1S/C16H26O4/c1-3-19-15(17)12-8-11-14(16(18)20-4-2)13-9-6-5-7-10-13/h3-12H2,1-2H3. The van der Waals surface area contributed by atoms with Crippen molar-refractivity contribution in [3.8, 4) is 0 Å². The summed E-state index contributed by atoms with van der Waals surface area (Å²) in [7, 11) is 0. The number of carbonyl (C=O) groups is 2. The van der Waals surface area contributed by atoms with Gasteiger partial charge in [0.05, 0.1) is 13.2 Å². The van der Waals surface area contributed by atoms with Crippen molar-refractivity contribution >= 4 is 11.9 Å². The Labute approximate surface area is 121 Å². The quantitative estimate of drug-likeness (QED) is 0.529. The number of hydrogen-bond donors (Lipinski definition) is 0. The normalized spacial score (nSPS) is 14.8. The zero-order valence-electron chi connectivity index (χ0n) is 12.7. The molecular weight excluding hydrogens is 256 g/mol. The summed E-state index contributed by atoms with van der Waals surface area (Å²) in [5.41, 5.74) is 2.04. The fraction of sp³-hybridized carbons (Fsp3) is 0.750. The Morgan fingerprint density at radius 2 is 1.60 bits per heavy atom. The number of allylic oxidation sites excluding steroid dienone is 1. The first kappa shape index (κ1) is 16.7. The van der Waals surface area contributed by atoms with Crippen molar-refractivity contribution < 1.29 is 19.1 Å². The molecule has 0 aromatic carbocycles. The van der Waals surface area contributed by atoms with E-state index in [1.807, 2.05) is 6.92 Å². The average molecular weight is 282 g/mol. The van der Waals surface area contributed by atoms with Crippen LogP contribution in [0.25, 0.3) is 0 Å². The van der Waals surface area contributed by atoms with Crippen LogP contribution in [-0.2, 0) is 19.1 Å². The molecule has 4 nitrogen and oxygen atoms in total. The van der Waals surface area contributed by atoms with Crippen LogP contribution >= 0.6 is 0 Å². The minimum Gasteiger partial charge on any atom is -0.466 e. The van der Waals surface area contributed by atoms with E-state index < -0.39 is 0 Å². The molecule has 0 atom stereocenters. The number of ether oxygens (including phenoxy) is 2. The van der Waals surface area contributed by atoms with Gasteiger partial charge in [0, 0.05) is 12.0 Å². The first-order valence-corrected chi connectivity index (χ1v) is 7.72. The maximum atomic E-state index is 12.0. The molecule has 1 aliphatic carbocycles. The van der Waals surface area contributed by atoms with Crippen molar-refractivity contribution in [3.63, 3.8) is 0 Å². The van der Waals surface area contributed by atoms with Crippen LogP contribution in [0.15, 0.2) is 11.1 Å². The Morgan fingerprint density at radius 3 is 2.20 bits per heavy atom. The van der Waals surface area contributed by atoms with Crippen LogP contribution in [0.4, 0.5) is 0 Å². The number of hydrogen-bond acceptors (Lipinski definition) is 4. The lowest BCUT2D eigenvalue weighted by Gasteiger charge is -2.18. The maximum absolute atomic E-state index is 12.0. The van der Waals surface area contributed by atoms with Crippen molar-refractivity contribution in [2.45, 2.75) is 65.2 Å². The van der Waals surface area contributed by atoms with Gasteiger partial charge in [0.25, 0.3) is 0 Å². The fourth-order valence-corrected chi connectivity index (χ4v) is 2.56. The summed E-state index contributed by atoms with van der Waals surface area (Å²) in [5, 5.41) is 0. The van der Waals surface area contributed by atoms with Crippen LogP contribution in [0.3, 0.4) is 0 Å². The number of rotatable bonds is 7. The van der Waals surface area contributed by atoms with Crippen molar-refractivity contribution in [2.24, 2.45) is 0 Å². The van der Waals surface area contributed by atoms with Crippen LogP contribution in [0, 0.1) is 0 Å². The Kier molecular flexibility index (Phi) is 8.00. The van der Waals surface area contributed by atoms with Gasteiger partial charge in [0.15, 0.2) is 0 Å². The molecule has 4 heteroatoms. The van der Waals surface area contributed by atoms with Gasteiger partial charge < -0.3 is 9.47 Å². The fourth-order valence-electron chi connectivity index (χ4n) is 2.56. The van der Waals surface area contributed by atoms with E-state index in [1.54, 1.807) is 6.92 Å². The highest BCUT2D eigenvalue weighted by Crippen LogP contribution is 2.28. The molecule has 0 radical (unpaired) electrons. The molecule has 0 saturated heterocycles. The monoisotopic (exact) mass is 282 g/mol. The van der Waals surface area contributed by atoms with E-state index in [-0.39, 0.29) is 11.9 Å². The zero-order valence-corrected chi connectivity index (χ0v) is 12.7. The van der Waals surface area contributed by atoms with E-state index in [1.165, 1.54) is 12.0 Å². The van der Waals surface area contributed by atoms with Crippen molar-refractivity contribution in [2.75, 3.05) is 13.2 Å². The minimum atomic E-state index is -0.201. The topological polar surface area (TPSA) is 52.6 Å². The third-order valence-electron chi connectivity index (χ3n) is 3.52. The van der Waals surface area contributed by atoms with Crippen molar-refractivity contribution in [1.82, 2.24) is 0 Å². The largest absolute Gasteiger partial charge is 0.466 e. The molecule has 0 spiro atoms. The Morgan fingerprint density at radius 1 is 0.950 bits per heavy atom. The van der Waals surface area contributed by atoms with Gasteiger partial charge in [-0.05, 0) is 52.4 Å². The molecular formula is C16H26O4. The van der Waals surface area contributed by atoms with Crippen LogP contribution in [0.5, 0.6) is 0 Å². The van der Waals surface area contributed by atoms with E-state index in [0.29, 0.717) is 32.5 Å². The van der Waals surface area contributed by atoms with E-state index in [0.717, 1.165) is 31.3 Å². The lowest BCUT2D eigenvalue weighted by Crippen LogP contribution is -2.13. The van der Waals surface area contributed by atoms with Gasteiger partial charge in [-0.25, -0.2) is 4.79 Å². The highest BCUT2D eigenvalue weighted by molar-refractivity contribution is 5.89. The number of esters is 2. The average Bonchev–Trinajstić information content (AvgIpc) is 2.45. The summed E-state index contributed by atoms with van der Waals surface area (Å²) >= 11 is 0. The van der Waals surface area contributed by atoms with Crippen LogP contribution in [0.2, 0.25) is 0 Å². The summed E-state index contributed by atoms with van der Waals surface area (Å²) in [6.45, 7) is 4.42. The van der Waals surface area contributed by atoms with E-state index in [4.69, 9.17) is 9.47 Å². The molecule has 0 aromatic rings. The second-order valence-electron chi connectivity index (χ2n) is 5.02. The Balaban J connectivity index is 2.59. The maximum Gasteiger partial charge on any atom is 0.333 e. The molecule has 0 aromatic heterocycles. The molecule has 20 heavy (non-hydrogen) atoms. The SMILES string of the molecule is CCOC(=O)CCCC(C(=O)OCC)=C1CCCCC1. The molecule has 0 bridgehead atoms. The van der Waals surface area contributed by atoms with Crippen molar-refractivity contribution in [1.29, 1.82) is 0 Å². The molecule has 114 valence electrons. The lowest BCUT2D eigenvalue weighted by molar-refractivity contribution is -0.143. The molecule has 0 amide bonds. The van der Waals surface area contributed by atoms with Gasteiger partial charge in [-0.15, -0.1) is 0 Å². The smallest absolute Gasteiger partial charge is 0.333 e. The Bertz CT molecular complexity index is 349. The molecule has 0 aliphatic heterocycles. The highest BCUT2D eigenvalue weighted by atomic mass is 16.5. The van der Waals surface area contributed by atoms with Gasteiger partial charge >= 0.3 is 11.9 Å². The second-order valence-corrected chi connectivity index (χ2v) is 5.02. The first-order valence-electron chi connectivity index (χ1n) is 7.72. The minimum absolute atomic E-state index is 0.190. The summed E-state index contributed by atoms with van der Waals surface area (Å²) in [4.78, 5) is 23.4. The summed E-state index contributed by atoms with van der Waals surface area (Å²) < 4.78 is 10.1.